The van der Waals surface area contributed by atoms with E-state index in [2.05, 4.69) is 80.4 Å². The molecule has 3 nitrogen and oxygen atoms in total. The Bertz CT molecular complexity index is 600. The van der Waals surface area contributed by atoms with Gasteiger partial charge in [-0.25, -0.2) is 0 Å². The van der Waals surface area contributed by atoms with Gasteiger partial charge in [0, 0.05) is 6.42 Å². The minimum Gasteiger partial charge on any atom is -0.487 e. The van der Waals surface area contributed by atoms with Gasteiger partial charge in [0.15, 0.2) is 0 Å². The Morgan fingerprint density at radius 2 is 1.46 bits per heavy atom. The van der Waals surface area contributed by atoms with E-state index in [1.54, 1.807) is 0 Å². The highest BCUT2D eigenvalue weighted by atomic mass is 32.7. The lowest BCUT2D eigenvalue weighted by Gasteiger charge is -2.32. The van der Waals surface area contributed by atoms with Crippen molar-refractivity contribution in [3.8, 4) is 5.75 Å². The Morgan fingerprint density at radius 1 is 0.964 bits per heavy atom. The number of fused-ring (bicyclic) bond motifs is 1. The summed E-state index contributed by atoms with van der Waals surface area (Å²) < 4.78 is 18.8. The summed E-state index contributed by atoms with van der Waals surface area (Å²) in [5.41, 5.74) is 1.77. The molecule has 1 fully saturated rings. The third kappa shape index (κ3) is 5.48. The maximum atomic E-state index is 6.39. The van der Waals surface area contributed by atoms with Gasteiger partial charge in [-0.1, -0.05) is 61.1 Å². The van der Waals surface area contributed by atoms with Gasteiger partial charge in [-0.3, -0.25) is 0 Å². The van der Waals surface area contributed by atoms with Gasteiger partial charge in [-0.15, -0.1) is 0 Å². The van der Waals surface area contributed by atoms with Crippen LogP contribution in [0.15, 0.2) is 18.2 Å². The van der Waals surface area contributed by atoms with Crippen molar-refractivity contribution < 1.29 is 14.0 Å². The fourth-order valence-electron chi connectivity index (χ4n) is 3.89. The molecular weight excluding hydrogens is 386 g/mol. The number of rotatable bonds is 5. The molecule has 0 N–H and O–H groups in total. The van der Waals surface area contributed by atoms with E-state index in [1.165, 1.54) is 5.56 Å². The fraction of sp³-hybridized carbons (Fsp3) is 0.727. The first kappa shape index (κ1) is 25.8. The molecule has 28 heavy (non-hydrogen) atoms. The zero-order valence-corrected chi connectivity index (χ0v) is 21.1. The largest absolute Gasteiger partial charge is 0.494 e. The highest BCUT2D eigenvalue weighted by Gasteiger charge is 2.52. The van der Waals surface area contributed by atoms with Crippen LogP contribution in [0.4, 0.5) is 0 Å². The Labute approximate surface area is 181 Å². The van der Waals surface area contributed by atoms with Gasteiger partial charge in [-0.05, 0) is 57.6 Å². The van der Waals surface area contributed by atoms with Crippen molar-refractivity contribution in [3.63, 3.8) is 0 Å². The molecule has 1 aromatic rings. The molecule has 3 rings (SSSR count). The van der Waals surface area contributed by atoms with Crippen LogP contribution >= 0.6 is 20.7 Å². The minimum absolute atomic E-state index is 0.0135. The smallest absolute Gasteiger partial charge is 0.487 e. The van der Waals surface area contributed by atoms with Crippen LogP contribution in [-0.2, 0) is 15.7 Å². The van der Waals surface area contributed by atoms with Crippen LogP contribution in [0, 0.1) is 0 Å². The standard InChI is InChI=1S/C20H31BO3.C2H6.H3PS/c1-7-11-20(12-8-2)14-15-13-16(9-10-17(15)22-20)21-23-18(3,4)19(5,6)24-21;2*1-2/h9-10,13H,7-8,11-12,14H2,1-6H3;1-2H3;2H,1H2. The van der Waals surface area contributed by atoms with Crippen LogP contribution in [0.5, 0.6) is 5.75 Å². The summed E-state index contributed by atoms with van der Waals surface area (Å²) in [6.07, 6.45) is 5.52. The predicted octanol–water partition coefficient (Wildman–Crippen LogP) is 5.99. The summed E-state index contributed by atoms with van der Waals surface area (Å²) >= 11 is 3.44. The molecule has 0 aliphatic carbocycles. The second-order valence-corrected chi connectivity index (χ2v) is 8.42. The van der Waals surface area contributed by atoms with E-state index in [-0.39, 0.29) is 23.9 Å². The molecule has 2 heterocycles. The van der Waals surface area contributed by atoms with Crippen LogP contribution in [0.3, 0.4) is 0 Å². The van der Waals surface area contributed by atoms with Gasteiger partial charge in [-0.2, -0.15) is 12.2 Å². The second-order valence-electron chi connectivity index (χ2n) is 8.42. The third-order valence-corrected chi connectivity index (χ3v) is 5.86. The lowest BCUT2D eigenvalue weighted by Crippen LogP contribution is -2.41. The van der Waals surface area contributed by atoms with E-state index in [4.69, 9.17) is 14.0 Å². The zero-order chi connectivity index (χ0) is 21.6. The third-order valence-electron chi connectivity index (χ3n) is 5.86. The minimum atomic E-state index is -0.304. The van der Waals surface area contributed by atoms with Gasteiger partial charge in [0.2, 0.25) is 0 Å². The van der Waals surface area contributed by atoms with Crippen LogP contribution in [0.1, 0.15) is 86.6 Å². The highest BCUT2D eigenvalue weighted by Crippen LogP contribution is 2.41. The first-order valence-corrected chi connectivity index (χ1v) is 12.7. The van der Waals surface area contributed by atoms with Crippen molar-refractivity contribution in [1.82, 2.24) is 0 Å². The average molecular weight is 426 g/mol. The van der Waals surface area contributed by atoms with Gasteiger partial charge in [0.1, 0.15) is 11.4 Å². The molecular formula is C22H40BO3PS. The number of thiol groups is 1. The summed E-state index contributed by atoms with van der Waals surface area (Å²) in [4.78, 5) is 0. The van der Waals surface area contributed by atoms with Crippen LogP contribution in [-0.4, -0.2) is 23.9 Å². The molecule has 2 aliphatic heterocycles. The molecule has 160 valence electrons. The molecule has 0 radical (unpaired) electrons. The topological polar surface area (TPSA) is 27.7 Å². The Hall–Kier alpha value is -0.215. The highest BCUT2D eigenvalue weighted by molar-refractivity contribution is 8.31. The van der Waals surface area contributed by atoms with Gasteiger partial charge >= 0.3 is 7.12 Å². The first-order chi connectivity index (χ1) is 13.2. The summed E-state index contributed by atoms with van der Waals surface area (Å²) in [6.45, 7) is 16.8. The first-order valence-electron chi connectivity index (χ1n) is 10.7. The Balaban J connectivity index is 0.000000921. The summed E-state index contributed by atoms with van der Waals surface area (Å²) in [6, 6.07) is 6.42. The van der Waals surface area contributed by atoms with Crippen LogP contribution in [0.25, 0.3) is 0 Å². The molecule has 6 heteroatoms. The van der Waals surface area contributed by atoms with Crippen molar-refractivity contribution in [1.29, 1.82) is 0 Å². The van der Waals surface area contributed by atoms with Gasteiger partial charge < -0.3 is 14.0 Å². The number of hydrogen-bond acceptors (Lipinski definition) is 4. The van der Waals surface area contributed by atoms with Crippen molar-refractivity contribution >= 4 is 33.3 Å². The molecule has 1 aromatic carbocycles. The summed E-state index contributed by atoms with van der Waals surface area (Å²) in [7, 11) is 1.81. The quantitative estimate of drug-likeness (QED) is 0.356. The maximum Gasteiger partial charge on any atom is 0.494 e. The van der Waals surface area contributed by atoms with Gasteiger partial charge in [0.05, 0.1) is 11.2 Å². The zero-order valence-electron chi connectivity index (χ0n) is 19.1. The normalized spacial score (nSPS) is 20.3. The molecule has 1 atom stereocenters. The predicted molar refractivity (Wildman–Crippen MR) is 129 cm³/mol. The Kier molecular flexibility index (Phi) is 9.87. The average Bonchev–Trinajstić information content (AvgIpc) is 3.11. The molecule has 0 amide bonds. The number of ether oxygens (including phenoxy) is 1. The fourth-order valence-corrected chi connectivity index (χ4v) is 3.89. The maximum absolute atomic E-state index is 6.39. The van der Waals surface area contributed by atoms with Crippen molar-refractivity contribution in [3.05, 3.63) is 23.8 Å². The van der Waals surface area contributed by atoms with E-state index < -0.39 is 0 Å². The van der Waals surface area contributed by atoms with E-state index in [1.807, 2.05) is 13.8 Å². The summed E-state index contributed by atoms with van der Waals surface area (Å²) in [5.74, 6) is 1.04. The van der Waals surface area contributed by atoms with Crippen LogP contribution < -0.4 is 10.2 Å². The van der Waals surface area contributed by atoms with Gasteiger partial charge in [0.25, 0.3) is 0 Å². The molecule has 2 aliphatic rings. The molecule has 0 bridgehead atoms. The monoisotopic (exact) mass is 426 g/mol. The van der Waals surface area contributed by atoms with Crippen molar-refractivity contribution in [2.75, 3.05) is 0 Å². The van der Waals surface area contributed by atoms with E-state index in [0.717, 1.165) is 43.3 Å². The van der Waals surface area contributed by atoms with Crippen molar-refractivity contribution in [2.45, 2.75) is 104 Å². The van der Waals surface area contributed by atoms with E-state index in [0.29, 0.717) is 0 Å². The summed E-state index contributed by atoms with van der Waals surface area (Å²) in [5, 5.41) is 0. The van der Waals surface area contributed by atoms with E-state index >= 15 is 0 Å². The second kappa shape index (κ2) is 10.7. The van der Waals surface area contributed by atoms with E-state index in [9.17, 15) is 0 Å². The molecule has 1 saturated heterocycles. The van der Waals surface area contributed by atoms with Crippen molar-refractivity contribution in [2.24, 2.45) is 0 Å². The Morgan fingerprint density at radius 3 is 1.93 bits per heavy atom. The number of hydrogen-bond donors (Lipinski definition) is 1. The SMILES string of the molecule is CC.CCCC1(CCC)Cc2cc(B3OC(C)(C)C(C)(C)O3)ccc2O1.PS. The van der Waals surface area contributed by atoms with Crippen LogP contribution in [0.2, 0.25) is 0 Å². The molecule has 0 saturated carbocycles. The molecule has 0 aromatic heterocycles. The molecule has 0 spiro atoms. The molecule has 1 unspecified atom stereocenters. The lowest BCUT2D eigenvalue weighted by molar-refractivity contribution is 0.00578. The lowest BCUT2D eigenvalue weighted by atomic mass is 9.77. The number of benzene rings is 1.